The zero-order valence-corrected chi connectivity index (χ0v) is 12.2. The average Bonchev–Trinajstić information content (AvgIpc) is 2.90. The Labute approximate surface area is 114 Å². The lowest BCUT2D eigenvalue weighted by molar-refractivity contribution is 0.595. The van der Waals surface area contributed by atoms with Gasteiger partial charge in [0.15, 0.2) is 0 Å². The Morgan fingerprint density at radius 1 is 1.41 bits per heavy atom. The third-order valence-electron chi connectivity index (χ3n) is 2.47. The molecule has 2 aromatic heterocycles. The molecule has 3 nitrogen and oxygen atoms in total. The van der Waals surface area contributed by atoms with Gasteiger partial charge in [-0.1, -0.05) is 6.92 Å². The molecule has 17 heavy (non-hydrogen) atoms. The van der Waals surface area contributed by atoms with Crippen LogP contribution >= 0.6 is 27.3 Å². The summed E-state index contributed by atoms with van der Waals surface area (Å²) in [6, 6.07) is 6.30. The third-order valence-corrected chi connectivity index (χ3v) is 4.08. The van der Waals surface area contributed by atoms with Crippen LogP contribution in [0.5, 0.6) is 0 Å². The van der Waals surface area contributed by atoms with E-state index in [2.05, 4.69) is 56.2 Å². The van der Waals surface area contributed by atoms with E-state index in [1.807, 2.05) is 6.20 Å². The van der Waals surface area contributed by atoms with Crippen LogP contribution in [0.25, 0.3) is 0 Å². The minimum Gasteiger partial charge on any atom is -0.311 e. The van der Waals surface area contributed by atoms with E-state index in [1.54, 1.807) is 11.3 Å². The van der Waals surface area contributed by atoms with Crippen LogP contribution in [-0.2, 0) is 13.1 Å². The largest absolute Gasteiger partial charge is 0.311 e. The zero-order chi connectivity index (χ0) is 12.1. The van der Waals surface area contributed by atoms with Gasteiger partial charge in [0.05, 0.1) is 16.0 Å². The quantitative estimate of drug-likeness (QED) is 0.830. The molecular weight excluding hydrogens is 298 g/mol. The first-order valence-corrected chi connectivity index (χ1v) is 7.36. The monoisotopic (exact) mass is 313 g/mol. The molecule has 0 spiro atoms. The smallest absolute Gasteiger partial charge is 0.0756 e. The molecule has 0 saturated carbocycles. The molecule has 2 heterocycles. The topological polar surface area (TPSA) is 29.9 Å². The number of nitrogens with one attached hydrogen (secondary N) is 1. The first-order chi connectivity index (χ1) is 8.29. The standard InChI is InChI=1S/C12H16BrN3S/c1-2-6-14-8-10-5-7-15-16(10)9-11-3-4-12(13)17-11/h3-5,7,14H,2,6,8-9H2,1H3. The fraction of sp³-hybridized carbons (Fsp3) is 0.417. The zero-order valence-electron chi connectivity index (χ0n) is 9.82. The molecule has 2 rings (SSSR count). The molecule has 0 atom stereocenters. The Morgan fingerprint density at radius 2 is 2.29 bits per heavy atom. The van der Waals surface area contributed by atoms with E-state index in [9.17, 15) is 0 Å². The van der Waals surface area contributed by atoms with Gasteiger partial charge in [-0.15, -0.1) is 11.3 Å². The van der Waals surface area contributed by atoms with Crippen LogP contribution in [0, 0.1) is 0 Å². The Morgan fingerprint density at radius 3 is 3.00 bits per heavy atom. The summed E-state index contributed by atoms with van der Waals surface area (Å²) >= 11 is 5.24. The van der Waals surface area contributed by atoms with Crippen molar-refractivity contribution in [1.29, 1.82) is 0 Å². The normalized spacial score (nSPS) is 10.9. The summed E-state index contributed by atoms with van der Waals surface area (Å²) in [7, 11) is 0. The average molecular weight is 314 g/mol. The Hall–Kier alpha value is -0.650. The predicted octanol–water partition coefficient (Wildman–Crippen LogP) is 3.26. The summed E-state index contributed by atoms with van der Waals surface area (Å²) in [5.41, 5.74) is 1.24. The van der Waals surface area contributed by atoms with Crippen molar-refractivity contribution in [3.63, 3.8) is 0 Å². The van der Waals surface area contributed by atoms with Crippen molar-refractivity contribution in [3.8, 4) is 0 Å². The number of halogens is 1. The lowest BCUT2D eigenvalue weighted by atomic mass is 10.4. The Bertz CT molecular complexity index is 464. The van der Waals surface area contributed by atoms with Gasteiger partial charge in [-0.05, 0) is 47.1 Å². The number of thiophene rings is 1. The van der Waals surface area contributed by atoms with E-state index in [0.29, 0.717) is 0 Å². The minimum atomic E-state index is 0.854. The molecule has 0 saturated heterocycles. The van der Waals surface area contributed by atoms with Crippen molar-refractivity contribution in [2.45, 2.75) is 26.4 Å². The highest BCUT2D eigenvalue weighted by Gasteiger charge is 2.04. The summed E-state index contributed by atoms with van der Waals surface area (Å²) in [6.07, 6.45) is 3.03. The Kier molecular flexibility index (Phi) is 4.76. The minimum absolute atomic E-state index is 0.854. The Balaban J connectivity index is 1.98. The highest BCUT2D eigenvalue weighted by atomic mass is 79.9. The molecule has 0 aromatic carbocycles. The van der Waals surface area contributed by atoms with E-state index in [1.165, 1.54) is 14.4 Å². The summed E-state index contributed by atoms with van der Waals surface area (Å²) < 4.78 is 3.23. The summed E-state index contributed by atoms with van der Waals surface area (Å²) in [4.78, 5) is 1.32. The van der Waals surface area contributed by atoms with Crippen LogP contribution < -0.4 is 5.32 Å². The number of nitrogens with zero attached hydrogens (tertiary/aromatic N) is 2. The van der Waals surface area contributed by atoms with Crippen molar-refractivity contribution in [1.82, 2.24) is 15.1 Å². The van der Waals surface area contributed by atoms with Crippen LogP contribution in [0.1, 0.15) is 23.9 Å². The SMILES string of the molecule is CCCNCc1ccnn1Cc1ccc(Br)s1. The van der Waals surface area contributed by atoms with Crippen LogP contribution in [0.2, 0.25) is 0 Å². The molecule has 0 aliphatic heterocycles. The maximum atomic E-state index is 4.37. The van der Waals surface area contributed by atoms with Crippen LogP contribution in [0.4, 0.5) is 0 Å². The molecule has 2 aromatic rings. The summed E-state index contributed by atoms with van der Waals surface area (Å²) in [5, 5.41) is 7.77. The van der Waals surface area contributed by atoms with Crippen molar-refractivity contribution in [3.05, 3.63) is 38.8 Å². The lowest BCUT2D eigenvalue weighted by Gasteiger charge is -2.07. The van der Waals surface area contributed by atoms with Crippen LogP contribution in [-0.4, -0.2) is 16.3 Å². The number of hydrogen-bond donors (Lipinski definition) is 1. The van der Waals surface area contributed by atoms with Gasteiger partial charge < -0.3 is 5.32 Å². The van der Waals surface area contributed by atoms with Gasteiger partial charge in [0.1, 0.15) is 0 Å². The molecule has 0 aliphatic rings. The molecule has 0 radical (unpaired) electrons. The first-order valence-electron chi connectivity index (χ1n) is 5.75. The van der Waals surface area contributed by atoms with Crippen molar-refractivity contribution >= 4 is 27.3 Å². The fourth-order valence-electron chi connectivity index (χ4n) is 1.63. The predicted molar refractivity (Wildman–Crippen MR) is 75.3 cm³/mol. The van der Waals surface area contributed by atoms with E-state index in [-0.39, 0.29) is 0 Å². The molecule has 0 fully saturated rings. The van der Waals surface area contributed by atoms with Crippen molar-refractivity contribution in [2.24, 2.45) is 0 Å². The van der Waals surface area contributed by atoms with Gasteiger partial charge in [0.25, 0.3) is 0 Å². The van der Waals surface area contributed by atoms with Gasteiger partial charge in [0.2, 0.25) is 0 Å². The van der Waals surface area contributed by atoms with Crippen LogP contribution in [0.3, 0.4) is 0 Å². The second-order valence-corrected chi connectivity index (χ2v) is 6.41. The molecule has 0 amide bonds. The maximum Gasteiger partial charge on any atom is 0.0756 e. The van der Waals surface area contributed by atoms with E-state index < -0.39 is 0 Å². The van der Waals surface area contributed by atoms with E-state index >= 15 is 0 Å². The molecular formula is C12H16BrN3S. The number of aromatic nitrogens is 2. The summed E-state index contributed by atoms with van der Waals surface area (Å²) in [6.45, 7) is 4.97. The maximum absolute atomic E-state index is 4.37. The second kappa shape index (κ2) is 6.33. The van der Waals surface area contributed by atoms with E-state index in [4.69, 9.17) is 0 Å². The van der Waals surface area contributed by atoms with Crippen LogP contribution in [0.15, 0.2) is 28.2 Å². The third kappa shape index (κ3) is 3.66. The van der Waals surface area contributed by atoms with Gasteiger partial charge in [0, 0.05) is 17.6 Å². The fourth-order valence-corrected chi connectivity index (χ4v) is 3.10. The van der Waals surface area contributed by atoms with Crippen molar-refractivity contribution in [2.75, 3.05) is 6.54 Å². The van der Waals surface area contributed by atoms with Crippen molar-refractivity contribution < 1.29 is 0 Å². The number of rotatable bonds is 6. The van der Waals surface area contributed by atoms with Gasteiger partial charge >= 0.3 is 0 Å². The molecule has 1 N–H and O–H groups in total. The molecule has 92 valence electrons. The second-order valence-electron chi connectivity index (χ2n) is 3.86. The first kappa shape index (κ1) is 12.8. The molecule has 0 unspecified atom stereocenters. The number of hydrogen-bond acceptors (Lipinski definition) is 3. The van der Waals surface area contributed by atoms with E-state index in [0.717, 1.165) is 26.1 Å². The lowest BCUT2D eigenvalue weighted by Crippen LogP contribution is -2.17. The molecule has 5 heteroatoms. The highest BCUT2D eigenvalue weighted by molar-refractivity contribution is 9.11. The highest BCUT2D eigenvalue weighted by Crippen LogP contribution is 2.22. The van der Waals surface area contributed by atoms with Gasteiger partial charge in [-0.2, -0.15) is 5.10 Å². The van der Waals surface area contributed by atoms with Gasteiger partial charge in [-0.25, -0.2) is 0 Å². The molecule has 0 bridgehead atoms. The molecule has 0 aliphatic carbocycles. The van der Waals surface area contributed by atoms with Gasteiger partial charge in [-0.3, -0.25) is 4.68 Å². The summed E-state index contributed by atoms with van der Waals surface area (Å²) in [5.74, 6) is 0.